The number of nitrogens with zero attached hydrogens (tertiary/aromatic N) is 1. The van der Waals surface area contributed by atoms with Gasteiger partial charge in [-0.25, -0.2) is 0 Å². The lowest BCUT2D eigenvalue weighted by atomic mass is 9.44. The number of hydrogen-bond donors (Lipinski definition) is 4. The highest BCUT2D eigenvalue weighted by molar-refractivity contribution is 5.69. The van der Waals surface area contributed by atoms with Gasteiger partial charge in [-0.2, -0.15) is 0 Å². The van der Waals surface area contributed by atoms with E-state index < -0.39 is 0 Å². The molecule has 4 aliphatic rings. The number of carbonyl (C=O) groups is 1. The number of ether oxygens (including phenoxy) is 1. The Bertz CT molecular complexity index is 864. The first-order chi connectivity index (χ1) is 18.5. The van der Waals surface area contributed by atoms with Gasteiger partial charge in [-0.15, -0.1) is 0 Å². The van der Waals surface area contributed by atoms with E-state index in [4.69, 9.17) is 10.5 Å². The molecule has 7 nitrogen and oxygen atoms in total. The molecule has 0 aromatic rings. The molecule has 0 aromatic carbocycles. The second-order valence-electron chi connectivity index (χ2n) is 14.0. The molecule has 0 saturated heterocycles. The fourth-order valence-electron chi connectivity index (χ4n) is 9.10. The van der Waals surface area contributed by atoms with Gasteiger partial charge in [-0.05, 0) is 128 Å². The predicted molar refractivity (Wildman–Crippen MR) is 158 cm³/mol. The fraction of sp³-hybridized carbons (Fsp3) is 0.906. The van der Waals surface area contributed by atoms with Crippen molar-refractivity contribution in [1.29, 1.82) is 0 Å². The maximum absolute atomic E-state index is 12.7. The van der Waals surface area contributed by atoms with Crippen LogP contribution in [0.1, 0.15) is 97.8 Å². The van der Waals surface area contributed by atoms with Gasteiger partial charge in [0.1, 0.15) is 0 Å². The predicted octanol–water partition coefficient (Wildman–Crippen LogP) is 4.20. The third kappa shape index (κ3) is 6.43. The Hall–Kier alpha value is -0.990. The van der Waals surface area contributed by atoms with Crippen LogP contribution in [0.3, 0.4) is 0 Å². The van der Waals surface area contributed by atoms with E-state index in [0.717, 1.165) is 71.0 Å². The van der Waals surface area contributed by atoms with E-state index in [9.17, 15) is 9.90 Å². The van der Waals surface area contributed by atoms with Gasteiger partial charge in [0, 0.05) is 23.9 Å². The lowest BCUT2D eigenvalue weighted by Crippen LogP contribution is -2.67. The molecule has 0 radical (unpaired) electrons. The van der Waals surface area contributed by atoms with Gasteiger partial charge in [0.2, 0.25) is 0 Å². The maximum atomic E-state index is 12.7. The molecule has 0 aliphatic heterocycles. The Labute approximate surface area is 238 Å². The Kier molecular flexibility index (Phi) is 10.2. The third-order valence-corrected chi connectivity index (χ3v) is 11.5. The van der Waals surface area contributed by atoms with Crippen molar-refractivity contribution in [2.75, 3.05) is 40.3 Å². The zero-order valence-electron chi connectivity index (χ0n) is 25.6. The Morgan fingerprint density at radius 2 is 1.97 bits per heavy atom. The molecule has 7 heteroatoms. The van der Waals surface area contributed by atoms with E-state index in [1.165, 1.54) is 24.8 Å². The maximum Gasteiger partial charge on any atom is 0.307 e. The summed E-state index contributed by atoms with van der Waals surface area (Å²) in [5, 5.41) is 17.0. The highest BCUT2D eigenvalue weighted by atomic mass is 16.6. The molecule has 224 valence electrons. The van der Waals surface area contributed by atoms with E-state index in [2.05, 4.69) is 49.6 Å². The lowest BCUT2D eigenvalue weighted by molar-refractivity contribution is -0.150. The van der Waals surface area contributed by atoms with E-state index in [-0.39, 0.29) is 29.3 Å². The minimum Gasteiger partial charge on any atom is -0.445 e. The highest BCUT2D eigenvalue weighted by Gasteiger charge is 2.64. The number of hydrogen-bond acceptors (Lipinski definition) is 7. The fourth-order valence-corrected chi connectivity index (χ4v) is 9.10. The molecule has 0 bridgehead atoms. The largest absolute Gasteiger partial charge is 0.445 e. The molecule has 0 amide bonds. The zero-order valence-corrected chi connectivity index (χ0v) is 25.6. The first-order valence-corrected chi connectivity index (χ1v) is 16.0. The number of carbonyl (C=O) groups excluding carboxylic acids is 1. The van der Waals surface area contributed by atoms with Crippen LogP contribution in [-0.4, -0.2) is 74.1 Å². The SMILES string of the molecule is CCNC(CNCCCN(C)C)OC(=O)CCCC1CC[C@H]2C3CC=C4C[C@@H](O)CCC4(C)[C@@]3(N)CCC12C. The summed E-state index contributed by atoms with van der Waals surface area (Å²) in [6.07, 6.45) is 14.1. The van der Waals surface area contributed by atoms with E-state index >= 15 is 0 Å². The van der Waals surface area contributed by atoms with Crippen molar-refractivity contribution >= 4 is 5.97 Å². The minimum absolute atomic E-state index is 0.0304. The van der Waals surface area contributed by atoms with Gasteiger partial charge in [0.05, 0.1) is 6.10 Å². The normalized spacial score (nSPS) is 38.5. The first-order valence-electron chi connectivity index (χ1n) is 16.0. The smallest absolute Gasteiger partial charge is 0.307 e. The van der Waals surface area contributed by atoms with Gasteiger partial charge >= 0.3 is 5.97 Å². The van der Waals surface area contributed by atoms with Crippen molar-refractivity contribution in [2.45, 2.75) is 116 Å². The molecule has 39 heavy (non-hydrogen) atoms. The van der Waals surface area contributed by atoms with E-state index in [1.54, 1.807) is 0 Å². The average Bonchev–Trinajstić information content (AvgIpc) is 3.21. The Balaban J connectivity index is 1.27. The third-order valence-electron chi connectivity index (χ3n) is 11.5. The van der Waals surface area contributed by atoms with E-state index in [1.807, 2.05) is 6.92 Å². The van der Waals surface area contributed by atoms with Crippen molar-refractivity contribution in [2.24, 2.45) is 34.3 Å². The number of rotatable bonds is 13. The Morgan fingerprint density at radius 1 is 1.18 bits per heavy atom. The molecule has 8 atom stereocenters. The topological polar surface area (TPSA) is 99.8 Å². The number of esters is 1. The summed E-state index contributed by atoms with van der Waals surface area (Å²) in [4.78, 5) is 14.9. The molecule has 4 aliphatic carbocycles. The van der Waals surface area contributed by atoms with Crippen LogP contribution in [0, 0.1) is 28.6 Å². The summed E-state index contributed by atoms with van der Waals surface area (Å²) in [6.45, 7) is 10.4. The van der Waals surface area contributed by atoms with Gasteiger partial charge < -0.3 is 25.8 Å². The van der Waals surface area contributed by atoms with Crippen LogP contribution in [0.15, 0.2) is 11.6 Å². The van der Waals surface area contributed by atoms with Crippen molar-refractivity contribution in [3.63, 3.8) is 0 Å². The minimum atomic E-state index is -0.266. The summed E-state index contributed by atoms with van der Waals surface area (Å²) >= 11 is 0. The quantitative estimate of drug-likeness (QED) is 0.119. The average molecular weight is 547 g/mol. The lowest BCUT2D eigenvalue weighted by Gasteiger charge is -2.63. The molecular formula is C32H58N4O3. The van der Waals surface area contributed by atoms with Crippen molar-refractivity contribution in [1.82, 2.24) is 15.5 Å². The number of aliphatic hydroxyl groups excluding tert-OH is 1. The molecule has 5 N–H and O–H groups in total. The van der Waals surface area contributed by atoms with Gasteiger partial charge in [0.15, 0.2) is 6.23 Å². The van der Waals surface area contributed by atoms with Crippen LogP contribution in [0.5, 0.6) is 0 Å². The first kappa shape index (κ1) is 31.0. The molecule has 4 rings (SSSR count). The zero-order chi connectivity index (χ0) is 28.3. The second-order valence-corrected chi connectivity index (χ2v) is 14.0. The van der Waals surface area contributed by atoms with Crippen LogP contribution in [0.25, 0.3) is 0 Å². The molecule has 3 saturated carbocycles. The monoisotopic (exact) mass is 546 g/mol. The molecule has 5 unspecified atom stereocenters. The van der Waals surface area contributed by atoms with Gasteiger partial charge in [-0.1, -0.05) is 32.4 Å². The molecule has 0 spiro atoms. The second kappa shape index (κ2) is 12.9. The number of fused-ring (bicyclic) bond motifs is 5. The van der Waals surface area contributed by atoms with Crippen LogP contribution < -0.4 is 16.4 Å². The van der Waals surface area contributed by atoms with Crippen LogP contribution >= 0.6 is 0 Å². The Morgan fingerprint density at radius 3 is 2.72 bits per heavy atom. The van der Waals surface area contributed by atoms with Crippen LogP contribution in [-0.2, 0) is 9.53 Å². The van der Waals surface area contributed by atoms with Gasteiger partial charge in [-0.3, -0.25) is 10.1 Å². The van der Waals surface area contributed by atoms with Crippen molar-refractivity contribution in [3.8, 4) is 0 Å². The molecular weight excluding hydrogens is 488 g/mol. The summed E-state index contributed by atoms with van der Waals surface area (Å²) in [6, 6.07) is 0. The molecule has 3 fully saturated rings. The number of allylic oxidation sites excluding steroid dienone is 1. The van der Waals surface area contributed by atoms with E-state index in [0.29, 0.717) is 36.1 Å². The summed E-state index contributed by atoms with van der Waals surface area (Å²) in [7, 11) is 4.17. The molecule has 0 heterocycles. The summed E-state index contributed by atoms with van der Waals surface area (Å²) in [5.41, 5.74) is 9.06. The number of nitrogens with two attached hydrogens (primary N) is 1. The number of aliphatic hydroxyl groups is 1. The summed E-state index contributed by atoms with van der Waals surface area (Å²) < 4.78 is 5.80. The van der Waals surface area contributed by atoms with Crippen LogP contribution in [0.2, 0.25) is 0 Å². The highest BCUT2D eigenvalue weighted by Crippen LogP contribution is 2.67. The van der Waals surface area contributed by atoms with Crippen molar-refractivity contribution in [3.05, 3.63) is 11.6 Å². The summed E-state index contributed by atoms with van der Waals surface area (Å²) in [5.74, 6) is 1.76. The van der Waals surface area contributed by atoms with Gasteiger partial charge in [0.25, 0.3) is 0 Å². The van der Waals surface area contributed by atoms with Crippen molar-refractivity contribution < 1.29 is 14.6 Å². The number of nitrogens with one attached hydrogen (secondary N) is 2. The number of likely N-dealkylation sites (N-methyl/N-ethyl adjacent to an activating group) is 1. The van der Waals surface area contributed by atoms with Crippen LogP contribution in [0.4, 0.5) is 0 Å². The molecule has 0 aromatic heterocycles. The standard InChI is InChI=1S/C32H58N4O3/c1-6-35-28(22-34-19-8-20-36(4)5)39-29(38)10-7-9-23-11-13-26-27-14-12-24-21-25(37)15-16-31(24,3)32(27,33)18-17-30(23,26)2/h12,23,25-28,34-35,37H,6-11,13-22,33H2,1-5H3/t23?,25-,26-,27?,28?,30?,31?,32+/m0/s1.